The Labute approximate surface area is 144 Å². The van der Waals surface area contributed by atoms with E-state index < -0.39 is 12.0 Å². The van der Waals surface area contributed by atoms with Crippen LogP contribution in [-0.2, 0) is 16.0 Å². The quantitative estimate of drug-likeness (QED) is 0.815. The highest BCUT2D eigenvalue weighted by Gasteiger charge is 2.22. The normalized spacial score (nSPS) is 11.6. The van der Waals surface area contributed by atoms with E-state index in [4.69, 9.17) is 4.74 Å². The lowest BCUT2D eigenvalue weighted by atomic mass is 10.1. The van der Waals surface area contributed by atoms with Crippen molar-refractivity contribution in [2.75, 3.05) is 7.11 Å². The largest absolute Gasteiger partial charge is 0.467 e. The Kier molecular flexibility index (Phi) is 5.93. The van der Waals surface area contributed by atoms with Crippen LogP contribution >= 0.6 is 15.9 Å². The molecule has 0 spiro atoms. The van der Waals surface area contributed by atoms with E-state index in [9.17, 15) is 9.59 Å². The highest BCUT2D eigenvalue weighted by molar-refractivity contribution is 9.10. The van der Waals surface area contributed by atoms with E-state index in [-0.39, 0.29) is 5.91 Å². The van der Waals surface area contributed by atoms with Crippen molar-refractivity contribution in [1.82, 2.24) is 5.32 Å². The molecule has 0 saturated carbocycles. The van der Waals surface area contributed by atoms with Gasteiger partial charge in [0.15, 0.2) is 0 Å². The van der Waals surface area contributed by atoms with Crippen molar-refractivity contribution in [2.24, 2.45) is 0 Å². The van der Waals surface area contributed by atoms with E-state index >= 15 is 0 Å². The summed E-state index contributed by atoms with van der Waals surface area (Å²) in [5, 5.41) is 2.74. The van der Waals surface area contributed by atoms with Crippen LogP contribution in [0, 0.1) is 6.92 Å². The molecule has 0 aliphatic rings. The summed E-state index contributed by atoms with van der Waals surface area (Å²) in [5.41, 5.74) is 2.48. The number of carbonyl (C=O) groups is 2. The monoisotopic (exact) mass is 375 g/mol. The molecule has 0 saturated heterocycles. The standard InChI is InChI=1S/C18H18BrNO3/c1-12-8-9-14(11-15(12)19)17(21)20-16(18(22)23-2)10-13-6-4-3-5-7-13/h3-9,11,16H,10H2,1-2H3,(H,20,21). The minimum Gasteiger partial charge on any atom is -0.467 e. The summed E-state index contributed by atoms with van der Waals surface area (Å²) in [6.07, 6.45) is 0.381. The average molecular weight is 376 g/mol. The number of carbonyl (C=O) groups excluding carboxylic acids is 2. The van der Waals surface area contributed by atoms with Gasteiger partial charge in [-0.3, -0.25) is 4.79 Å². The molecule has 1 unspecified atom stereocenters. The van der Waals surface area contributed by atoms with Gasteiger partial charge in [0, 0.05) is 16.5 Å². The predicted molar refractivity (Wildman–Crippen MR) is 92.3 cm³/mol. The predicted octanol–water partition coefficient (Wildman–Crippen LogP) is 3.27. The van der Waals surface area contributed by atoms with Gasteiger partial charge in [-0.05, 0) is 30.2 Å². The van der Waals surface area contributed by atoms with Gasteiger partial charge < -0.3 is 10.1 Å². The fourth-order valence-electron chi connectivity index (χ4n) is 2.16. The number of halogens is 1. The molecule has 1 amide bonds. The van der Waals surface area contributed by atoms with Gasteiger partial charge in [0.05, 0.1) is 7.11 Å². The molecule has 120 valence electrons. The van der Waals surface area contributed by atoms with Crippen molar-refractivity contribution in [1.29, 1.82) is 0 Å². The molecule has 5 heteroatoms. The number of methoxy groups -OCH3 is 1. The second kappa shape index (κ2) is 7.92. The van der Waals surface area contributed by atoms with E-state index in [1.807, 2.05) is 43.3 Å². The van der Waals surface area contributed by atoms with Gasteiger partial charge >= 0.3 is 5.97 Å². The second-order valence-electron chi connectivity index (χ2n) is 5.20. The third-order valence-electron chi connectivity index (χ3n) is 3.51. The van der Waals surface area contributed by atoms with Gasteiger partial charge in [-0.25, -0.2) is 4.79 Å². The van der Waals surface area contributed by atoms with Gasteiger partial charge in [-0.15, -0.1) is 0 Å². The Morgan fingerprint density at radius 3 is 2.48 bits per heavy atom. The van der Waals surface area contributed by atoms with Crippen LogP contribution in [-0.4, -0.2) is 25.0 Å². The molecule has 2 aromatic rings. The molecule has 0 heterocycles. The Balaban J connectivity index is 2.15. The first-order valence-corrected chi connectivity index (χ1v) is 7.99. The summed E-state index contributed by atoms with van der Waals surface area (Å²) in [4.78, 5) is 24.3. The fourth-order valence-corrected chi connectivity index (χ4v) is 2.54. The number of hydrogen-bond acceptors (Lipinski definition) is 3. The number of esters is 1. The highest BCUT2D eigenvalue weighted by Crippen LogP contribution is 2.17. The molecule has 23 heavy (non-hydrogen) atoms. The van der Waals surface area contributed by atoms with Crippen LogP contribution in [0.15, 0.2) is 53.0 Å². The van der Waals surface area contributed by atoms with Gasteiger partial charge in [0.1, 0.15) is 6.04 Å². The molecule has 0 radical (unpaired) electrons. The first-order chi connectivity index (χ1) is 11.0. The molecule has 0 aliphatic heterocycles. The Morgan fingerprint density at radius 1 is 1.17 bits per heavy atom. The zero-order valence-corrected chi connectivity index (χ0v) is 14.6. The molecular weight excluding hydrogens is 358 g/mol. The van der Waals surface area contributed by atoms with E-state index in [1.54, 1.807) is 12.1 Å². The number of ether oxygens (including phenoxy) is 1. The molecule has 1 N–H and O–H groups in total. The number of benzene rings is 2. The maximum atomic E-state index is 12.4. The minimum absolute atomic E-state index is 0.308. The zero-order chi connectivity index (χ0) is 16.8. The molecular formula is C18H18BrNO3. The lowest BCUT2D eigenvalue weighted by molar-refractivity contribution is -0.142. The molecule has 1 atom stereocenters. The van der Waals surface area contributed by atoms with Gasteiger partial charge in [-0.2, -0.15) is 0 Å². The summed E-state index contributed by atoms with van der Waals surface area (Å²) in [6, 6.07) is 14.1. The fraction of sp³-hybridized carbons (Fsp3) is 0.222. The Morgan fingerprint density at radius 2 is 1.87 bits per heavy atom. The number of nitrogens with one attached hydrogen (secondary N) is 1. The highest BCUT2D eigenvalue weighted by atomic mass is 79.9. The number of hydrogen-bond donors (Lipinski definition) is 1. The minimum atomic E-state index is -0.727. The van der Waals surface area contributed by atoms with Crippen LogP contribution in [0.25, 0.3) is 0 Å². The van der Waals surface area contributed by atoms with Gasteiger partial charge in [0.25, 0.3) is 5.91 Å². The van der Waals surface area contributed by atoms with E-state index in [2.05, 4.69) is 21.2 Å². The smallest absolute Gasteiger partial charge is 0.328 e. The average Bonchev–Trinajstić information content (AvgIpc) is 2.56. The van der Waals surface area contributed by atoms with Crippen LogP contribution < -0.4 is 5.32 Å². The van der Waals surface area contributed by atoms with Gasteiger partial charge in [0.2, 0.25) is 0 Å². The first kappa shape index (κ1) is 17.2. The van der Waals surface area contributed by atoms with Crippen molar-refractivity contribution in [3.8, 4) is 0 Å². The van der Waals surface area contributed by atoms with Crippen LogP contribution in [0.4, 0.5) is 0 Å². The third-order valence-corrected chi connectivity index (χ3v) is 4.36. The van der Waals surface area contributed by atoms with Gasteiger partial charge in [-0.1, -0.05) is 52.3 Å². The molecule has 2 rings (SSSR count). The van der Waals surface area contributed by atoms with E-state index in [0.717, 1.165) is 15.6 Å². The summed E-state index contributed by atoms with van der Waals surface area (Å²) < 4.78 is 5.65. The molecule has 0 bridgehead atoms. The zero-order valence-electron chi connectivity index (χ0n) is 13.0. The third kappa shape index (κ3) is 4.66. The second-order valence-corrected chi connectivity index (χ2v) is 6.06. The lowest BCUT2D eigenvalue weighted by Crippen LogP contribution is -2.43. The van der Waals surface area contributed by atoms with Crippen molar-refractivity contribution in [3.05, 3.63) is 69.7 Å². The van der Waals surface area contributed by atoms with Crippen LogP contribution in [0.2, 0.25) is 0 Å². The molecule has 4 nitrogen and oxygen atoms in total. The SMILES string of the molecule is COC(=O)C(Cc1ccccc1)NC(=O)c1ccc(C)c(Br)c1. The Bertz CT molecular complexity index is 701. The summed E-state index contributed by atoms with van der Waals surface area (Å²) >= 11 is 3.41. The maximum absolute atomic E-state index is 12.4. The number of rotatable bonds is 5. The van der Waals surface area contributed by atoms with Crippen molar-refractivity contribution in [2.45, 2.75) is 19.4 Å². The Hall–Kier alpha value is -2.14. The van der Waals surface area contributed by atoms with E-state index in [1.165, 1.54) is 7.11 Å². The van der Waals surface area contributed by atoms with Crippen LogP contribution in [0.3, 0.4) is 0 Å². The number of amides is 1. The first-order valence-electron chi connectivity index (χ1n) is 7.20. The van der Waals surface area contributed by atoms with Crippen molar-refractivity contribution >= 4 is 27.8 Å². The van der Waals surface area contributed by atoms with Crippen LogP contribution in [0.1, 0.15) is 21.5 Å². The molecule has 0 aromatic heterocycles. The lowest BCUT2D eigenvalue weighted by Gasteiger charge is -2.17. The summed E-state index contributed by atoms with van der Waals surface area (Å²) in [5.74, 6) is -0.773. The molecule has 2 aromatic carbocycles. The summed E-state index contributed by atoms with van der Waals surface area (Å²) in [6.45, 7) is 1.94. The van der Waals surface area contributed by atoms with Crippen molar-refractivity contribution < 1.29 is 14.3 Å². The molecule has 0 fully saturated rings. The van der Waals surface area contributed by atoms with Crippen molar-refractivity contribution in [3.63, 3.8) is 0 Å². The maximum Gasteiger partial charge on any atom is 0.328 e. The van der Waals surface area contributed by atoms with E-state index in [0.29, 0.717) is 12.0 Å². The number of aryl methyl sites for hydroxylation is 1. The molecule has 0 aliphatic carbocycles. The summed E-state index contributed by atoms with van der Waals surface area (Å²) in [7, 11) is 1.31. The van der Waals surface area contributed by atoms with Crippen LogP contribution in [0.5, 0.6) is 0 Å². The topological polar surface area (TPSA) is 55.4 Å².